The number of hydrogen-bond donors (Lipinski definition) is 9. The number of aromatic hydroxyl groups is 3. The van der Waals surface area contributed by atoms with Gasteiger partial charge in [0.05, 0.1) is 74.2 Å². The Balaban J connectivity index is 0.000000195. The highest BCUT2D eigenvalue weighted by Crippen LogP contribution is 2.32. The number of anilines is 6. The van der Waals surface area contributed by atoms with Crippen molar-refractivity contribution in [1.29, 1.82) is 0 Å². The van der Waals surface area contributed by atoms with Gasteiger partial charge in [-0.3, -0.25) is 30.3 Å². The van der Waals surface area contributed by atoms with E-state index in [0.29, 0.717) is 27.3 Å². The summed E-state index contributed by atoms with van der Waals surface area (Å²) in [5.41, 5.74) is 2.80. The lowest BCUT2D eigenvalue weighted by atomic mass is 10.0. The highest BCUT2D eigenvalue weighted by atomic mass is 79.9. The Kier molecular flexibility index (Phi) is 17.4. The number of para-hydroxylation sites is 4. The summed E-state index contributed by atoms with van der Waals surface area (Å²) in [5.74, 6) is -0.688. The second-order valence-corrected chi connectivity index (χ2v) is 14.6. The van der Waals surface area contributed by atoms with Gasteiger partial charge in [-0.2, -0.15) is 0 Å². The van der Waals surface area contributed by atoms with Gasteiger partial charge in [-0.15, -0.1) is 0 Å². The lowest BCUT2D eigenvalue weighted by Crippen LogP contribution is -2.19. The summed E-state index contributed by atoms with van der Waals surface area (Å²) >= 11 is 3.28. The molecule has 0 aliphatic carbocycles. The predicted molar refractivity (Wildman–Crippen MR) is 261 cm³/mol. The minimum atomic E-state index is -0.640. The zero-order chi connectivity index (χ0) is 50.0. The number of carbonyl (C=O) groups is 3. The summed E-state index contributed by atoms with van der Waals surface area (Å²) in [6.45, 7) is 0. The van der Waals surface area contributed by atoms with Crippen molar-refractivity contribution in [3.05, 3.63) is 193 Å². The first kappa shape index (κ1) is 50.2. The van der Waals surface area contributed by atoms with Crippen LogP contribution in [-0.4, -0.2) is 55.3 Å². The highest BCUT2D eigenvalue weighted by molar-refractivity contribution is 9.10. The zero-order valence-corrected chi connectivity index (χ0v) is 37.2. The van der Waals surface area contributed by atoms with E-state index in [1.807, 2.05) is 42.5 Å². The summed E-state index contributed by atoms with van der Waals surface area (Å²) in [5, 5.41) is 76.2. The number of non-ortho nitro benzene ring substituents is 3. The molecule has 0 unspecified atom stereocenters. The van der Waals surface area contributed by atoms with Crippen molar-refractivity contribution in [3.63, 3.8) is 0 Å². The molecule has 0 aliphatic rings. The molecule has 0 radical (unpaired) electrons. The SMILES string of the molecule is COc1ccccc1NC(=O)Nc1ccc([N+](=O)[O-])cc1O.O=C(Nc1ccc([N+](=O)[O-])cc1O)Nc1ccccc1-c1ccccc1.O=C(Nc1ccc([N+](=O)[O-])cc1O)Nc1ccccc1Br. The van der Waals surface area contributed by atoms with Crippen LogP contribution >= 0.6 is 15.9 Å². The molecule has 7 aromatic carbocycles. The van der Waals surface area contributed by atoms with Crippen molar-refractivity contribution >= 4 is 85.2 Å². The molecule has 0 aliphatic heterocycles. The van der Waals surface area contributed by atoms with Crippen molar-refractivity contribution < 1.29 is 49.2 Å². The third-order valence-corrected chi connectivity index (χ3v) is 9.75. The van der Waals surface area contributed by atoms with Gasteiger partial charge in [0.1, 0.15) is 23.0 Å². The first-order chi connectivity index (χ1) is 33.0. The van der Waals surface area contributed by atoms with Crippen LogP contribution in [0, 0.1) is 30.3 Å². The zero-order valence-electron chi connectivity index (χ0n) is 35.7. The standard InChI is InChI=1S/C19H15N3O4.C14H13N3O5.C13H10BrN3O4/c23-18-12-14(22(25)26)10-11-17(18)21-19(24)20-16-9-5-4-8-15(16)13-6-2-1-3-7-13;1-22-13-5-3-2-4-11(13)16-14(19)15-10-7-6-9(17(20)21)8-12(10)18;14-9-3-1-2-4-10(9)15-13(19)16-11-6-5-8(17(20)21)7-12(11)18/h1-12,23H,(H2,20,21,24);2-8,18H,1H3,(H2,15,16,19);1-7,18H,(H2,15,16,19). The van der Waals surface area contributed by atoms with Crippen molar-refractivity contribution in [2.24, 2.45) is 0 Å². The fourth-order valence-corrected chi connectivity index (χ4v) is 6.20. The summed E-state index contributed by atoms with van der Waals surface area (Å²) < 4.78 is 5.80. The summed E-state index contributed by atoms with van der Waals surface area (Å²) in [4.78, 5) is 65.9. The molecule has 0 heterocycles. The number of amides is 6. The number of nitrogens with zero attached hydrogens (tertiary/aromatic N) is 3. The quantitative estimate of drug-likeness (QED) is 0.0331. The molecule has 0 aromatic heterocycles. The van der Waals surface area contributed by atoms with E-state index in [4.69, 9.17) is 4.74 Å². The van der Waals surface area contributed by atoms with E-state index in [2.05, 4.69) is 47.8 Å². The second kappa shape index (κ2) is 24.0. The molecule has 9 N–H and O–H groups in total. The number of benzene rings is 7. The number of carbonyl (C=O) groups excluding carboxylic acids is 3. The number of nitro benzene ring substituents is 3. The maximum Gasteiger partial charge on any atom is 0.323 e. The monoisotopic (exact) mass is 1000 g/mol. The second-order valence-electron chi connectivity index (χ2n) is 13.7. The van der Waals surface area contributed by atoms with Gasteiger partial charge in [-0.05, 0) is 70.0 Å². The number of ether oxygens (including phenoxy) is 1. The summed E-state index contributed by atoms with van der Waals surface area (Å²) in [7, 11) is 1.47. The van der Waals surface area contributed by atoms with Crippen molar-refractivity contribution in [1.82, 2.24) is 0 Å². The molecule has 6 amide bonds. The van der Waals surface area contributed by atoms with Crippen LogP contribution in [0.5, 0.6) is 23.0 Å². The van der Waals surface area contributed by atoms with Crippen LogP contribution in [-0.2, 0) is 0 Å². The van der Waals surface area contributed by atoms with Crippen LogP contribution in [0.15, 0.2) is 162 Å². The topological polar surface area (TPSA) is 323 Å². The Labute approximate surface area is 398 Å². The fourth-order valence-electron chi connectivity index (χ4n) is 5.82. The van der Waals surface area contributed by atoms with Crippen LogP contribution in [0.1, 0.15) is 0 Å². The lowest BCUT2D eigenvalue weighted by Gasteiger charge is -2.12. The van der Waals surface area contributed by atoms with Crippen LogP contribution in [0.2, 0.25) is 0 Å². The molecule has 0 spiro atoms. The maximum absolute atomic E-state index is 12.3. The smallest absolute Gasteiger partial charge is 0.323 e. The van der Waals surface area contributed by atoms with E-state index in [1.54, 1.807) is 60.7 Å². The number of nitrogens with one attached hydrogen (secondary N) is 6. The average molecular weight is 1000 g/mol. The Morgan fingerprint density at radius 1 is 0.449 bits per heavy atom. The number of methoxy groups -OCH3 is 1. The fraction of sp³-hybridized carbons (Fsp3) is 0.0217. The van der Waals surface area contributed by atoms with Gasteiger partial charge in [0.15, 0.2) is 0 Å². The van der Waals surface area contributed by atoms with Gasteiger partial charge < -0.3 is 52.0 Å². The van der Waals surface area contributed by atoms with Crippen molar-refractivity contribution in [2.75, 3.05) is 39.0 Å². The molecule has 0 fully saturated rings. The highest BCUT2D eigenvalue weighted by Gasteiger charge is 2.16. The summed E-state index contributed by atoms with van der Waals surface area (Å²) in [6.07, 6.45) is 0. The number of nitro groups is 3. The molecule has 352 valence electrons. The minimum absolute atomic E-state index is 0.0537. The van der Waals surface area contributed by atoms with Crippen LogP contribution in [0.4, 0.5) is 65.6 Å². The van der Waals surface area contributed by atoms with Crippen LogP contribution in [0.25, 0.3) is 11.1 Å². The van der Waals surface area contributed by atoms with Gasteiger partial charge in [-0.25, -0.2) is 14.4 Å². The largest absolute Gasteiger partial charge is 0.506 e. The molecule has 0 saturated heterocycles. The Morgan fingerprint density at radius 2 is 0.797 bits per heavy atom. The lowest BCUT2D eigenvalue weighted by molar-refractivity contribution is -0.385. The minimum Gasteiger partial charge on any atom is -0.506 e. The van der Waals surface area contributed by atoms with E-state index in [1.165, 1.54) is 43.5 Å². The normalized spacial score (nSPS) is 10.0. The van der Waals surface area contributed by atoms with Crippen molar-refractivity contribution in [2.45, 2.75) is 0 Å². The van der Waals surface area contributed by atoms with E-state index in [9.17, 15) is 60.0 Å². The number of phenols is 3. The van der Waals surface area contributed by atoms with Gasteiger partial charge in [-0.1, -0.05) is 72.8 Å². The number of halogens is 1. The van der Waals surface area contributed by atoms with Crippen molar-refractivity contribution in [3.8, 4) is 34.1 Å². The average Bonchev–Trinajstić information content (AvgIpc) is 3.32. The molecule has 23 heteroatoms. The Hall–Kier alpha value is -9.77. The van der Waals surface area contributed by atoms with E-state index >= 15 is 0 Å². The first-order valence-corrected chi connectivity index (χ1v) is 20.5. The molecular weight excluding hydrogens is 966 g/mol. The molecular formula is C46H38BrN9O13. The molecule has 0 saturated carbocycles. The molecule has 69 heavy (non-hydrogen) atoms. The predicted octanol–water partition coefficient (Wildman–Crippen LogP) is 11.3. The van der Waals surface area contributed by atoms with Gasteiger partial charge in [0, 0.05) is 28.2 Å². The summed E-state index contributed by atoms with van der Waals surface area (Å²) in [6, 6.07) is 39.2. The molecule has 0 atom stereocenters. The van der Waals surface area contributed by atoms with E-state index in [0.717, 1.165) is 29.3 Å². The van der Waals surface area contributed by atoms with Crippen LogP contribution in [0.3, 0.4) is 0 Å². The van der Waals surface area contributed by atoms with E-state index in [-0.39, 0.29) is 45.6 Å². The Bertz CT molecular complexity index is 3020. The maximum atomic E-state index is 12.3. The Morgan fingerprint density at radius 3 is 1.22 bits per heavy atom. The number of urea groups is 3. The third-order valence-electron chi connectivity index (χ3n) is 9.06. The van der Waals surface area contributed by atoms with E-state index < -0.39 is 38.6 Å². The first-order valence-electron chi connectivity index (χ1n) is 19.7. The molecule has 7 rings (SSSR count). The van der Waals surface area contributed by atoms with Gasteiger partial charge >= 0.3 is 18.1 Å². The number of phenolic OH excluding ortho intramolecular Hbond substituents is 3. The van der Waals surface area contributed by atoms with Gasteiger partial charge in [0.25, 0.3) is 17.1 Å². The molecule has 0 bridgehead atoms. The third kappa shape index (κ3) is 14.6. The number of hydrogen-bond acceptors (Lipinski definition) is 13. The van der Waals surface area contributed by atoms with Crippen LogP contribution < -0.4 is 36.6 Å². The molecule has 7 aromatic rings. The van der Waals surface area contributed by atoms with Gasteiger partial charge in [0.2, 0.25) is 0 Å². The molecule has 22 nitrogen and oxygen atoms in total. The number of rotatable bonds is 11.